The minimum Gasteiger partial charge on any atom is -0.355 e. The molecule has 18 heavy (non-hydrogen) atoms. The summed E-state index contributed by atoms with van der Waals surface area (Å²) in [4.78, 5) is 11.5. The van der Waals surface area contributed by atoms with Crippen molar-refractivity contribution in [3.05, 3.63) is 34.3 Å². The lowest BCUT2D eigenvalue weighted by Crippen LogP contribution is -2.35. The molecule has 1 atom stereocenters. The minimum absolute atomic E-state index is 0.0624. The maximum Gasteiger partial charge on any atom is 0.233 e. The van der Waals surface area contributed by atoms with Crippen LogP contribution in [0.5, 0.6) is 0 Å². The van der Waals surface area contributed by atoms with Gasteiger partial charge in [0.2, 0.25) is 5.91 Å². The number of carbonyl (C=O) groups excluding carboxylic acids is 1. The van der Waals surface area contributed by atoms with Crippen LogP contribution < -0.4 is 10.6 Å². The van der Waals surface area contributed by atoms with Crippen molar-refractivity contribution in [2.24, 2.45) is 0 Å². The maximum absolute atomic E-state index is 11.5. The van der Waals surface area contributed by atoms with Gasteiger partial charge in [-0.05, 0) is 31.0 Å². The van der Waals surface area contributed by atoms with E-state index in [1.165, 1.54) is 5.56 Å². The molecule has 0 saturated heterocycles. The van der Waals surface area contributed by atoms with Crippen molar-refractivity contribution >= 4 is 21.8 Å². The Morgan fingerprint density at radius 1 is 1.33 bits per heavy atom. The van der Waals surface area contributed by atoms with E-state index >= 15 is 0 Å². The zero-order valence-corrected chi connectivity index (χ0v) is 12.6. The zero-order chi connectivity index (χ0) is 13.4. The first kappa shape index (κ1) is 15.2. The van der Waals surface area contributed by atoms with Crippen LogP contribution in [0.2, 0.25) is 0 Å². The molecular weight excluding hydrogens is 292 g/mol. The van der Waals surface area contributed by atoms with Gasteiger partial charge in [0.25, 0.3) is 0 Å². The molecule has 0 radical (unpaired) electrons. The Balaban J connectivity index is 2.30. The van der Waals surface area contributed by atoms with Gasteiger partial charge in [-0.25, -0.2) is 0 Å². The number of benzene rings is 1. The van der Waals surface area contributed by atoms with Gasteiger partial charge >= 0.3 is 0 Å². The normalized spacial score (nSPS) is 12.2. The van der Waals surface area contributed by atoms with Crippen molar-refractivity contribution in [2.45, 2.75) is 32.7 Å². The fraction of sp³-hybridized carbons (Fsp3) is 0.500. The summed E-state index contributed by atoms with van der Waals surface area (Å²) in [5.74, 6) is 0.0624. The van der Waals surface area contributed by atoms with Gasteiger partial charge in [0, 0.05) is 17.1 Å². The van der Waals surface area contributed by atoms with Gasteiger partial charge < -0.3 is 10.6 Å². The highest BCUT2D eigenvalue weighted by Gasteiger charge is 2.06. The van der Waals surface area contributed by atoms with E-state index in [1.807, 2.05) is 12.1 Å². The third kappa shape index (κ3) is 5.65. The Kier molecular flexibility index (Phi) is 6.98. The summed E-state index contributed by atoms with van der Waals surface area (Å²) in [6, 6.07) is 8.30. The molecule has 1 rings (SSSR count). The largest absolute Gasteiger partial charge is 0.355 e. The first-order valence-electron chi connectivity index (χ1n) is 6.39. The van der Waals surface area contributed by atoms with Gasteiger partial charge in [-0.15, -0.1) is 0 Å². The molecule has 1 amide bonds. The average molecular weight is 313 g/mol. The second-order valence-corrected chi connectivity index (χ2v) is 5.27. The predicted octanol–water partition coefficient (Wildman–Crippen LogP) is 3.02. The van der Waals surface area contributed by atoms with E-state index in [1.54, 1.807) is 0 Å². The van der Waals surface area contributed by atoms with Crippen LogP contribution in [0, 0.1) is 0 Å². The third-order valence-electron chi connectivity index (χ3n) is 2.79. The molecule has 0 aliphatic carbocycles. The first-order valence-corrected chi connectivity index (χ1v) is 7.18. The molecule has 100 valence electrons. The molecule has 0 bridgehead atoms. The quantitative estimate of drug-likeness (QED) is 0.760. The van der Waals surface area contributed by atoms with E-state index in [0.717, 1.165) is 23.9 Å². The van der Waals surface area contributed by atoms with Gasteiger partial charge in [0.05, 0.1) is 6.54 Å². The van der Waals surface area contributed by atoms with Crippen LogP contribution >= 0.6 is 15.9 Å². The third-order valence-corrected chi connectivity index (χ3v) is 3.32. The zero-order valence-electron chi connectivity index (χ0n) is 11.0. The summed E-state index contributed by atoms with van der Waals surface area (Å²) in [5, 5.41) is 6.11. The number of hydrogen-bond acceptors (Lipinski definition) is 2. The summed E-state index contributed by atoms with van der Waals surface area (Å²) in [7, 11) is 0. The molecule has 0 heterocycles. The van der Waals surface area contributed by atoms with Gasteiger partial charge in [-0.1, -0.05) is 41.4 Å². The minimum atomic E-state index is 0.0624. The van der Waals surface area contributed by atoms with Crippen molar-refractivity contribution in [1.29, 1.82) is 0 Å². The molecule has 0 aromatic heterocycles. The van der Waals surface area contributed by atoms with Gasteiger partial charge in [-0.2, -0.15) is 0 Å². The van der Waals surface area contributed by atoms with Crippen LogP contribution in [-0.4, -0.2) is 19.0 Å². The van der Waals surface area contributed by atoms with Crippen molar-refractivity contribution in [3.8, 4) is 0 Å². The Morgan fingerprint density at radius 2 is 2.00 bits per heavy atom. The van der Waals surface area contributed by atoms with E-state index in [2.05, 4.69) is 52.5 Å². The molecule has 3 nitrogen and oxygen atoms in total. The number of halogens is 1. The Labute approximate surface area is 117 Å². The lowest BCUT2D eigenvalue weighted by molar-refractivity contribution is -0.120. The van der Waals surface area contributed by atoms with Gasteiger partial charge in [-0.3, -0.25) is 4.79 Å². The predicted molar refractivity (Wildman–Crippen MR) is 78.5 cm³/mol. The van der Waals surface area contributed by atoms with Gasteiger partial charge in [0.1, 0.15) is 0 Å². The molecule has 0 saturated carbocycles. The first-order chi connectivity index (χ1) is 8.63. The number of amides is 1. The van der Waals surface area contributed by atoms with E-state index in [0.29, 0.717) is 6.54 Å². The summed E-state index contributed by atoms with van der Waals surface area (Å²) in [5.41, 5.74) is 1.18. The van der Waals surface area contributed by atoms with E-state index in [9.17, 15) is 4.79 Å². The number of nitrogens with one attached hydrogen (secondary N) is 2. The monoisotopic (exact) mass is 312 g/mol. The Morgan fingerprint density at radius 3 is 2.61 bits per heavy atom. The van der Waals surface area contributed by atoms with Crippen LogP contribution in [0.1, 0.15) is 38.3 Å². The average Bonchev–Trinajstić information content (AvgIpc) is 2.37. The summed E-state index contributed by atoms with van der Waals surface area (Å²) in [6.45, 7) is 5.30. The number of rotatable bonds is 7. The number of unbranched alkanes of at least 4 members (excludes halogenated alkanes) is 1. The molecule has 0 spiro atoms. The van der Waals surface area contributed by atoms with Crippen LogP contribution in [0.15, 0.2) is 28.7 Å². The van der Waals surface area contributed by atoms with E-state index in [4.69, 9.17) is 0 Å². The number of hydrogen-bond donors (Lipinski definition) is 2. The Bertz CT molecular complexity index is 365. The lowest BCUT2D eigenvalue weighted by Gasteiger charge is -2.14. The molecule has 0 aliphatic rings. The molecule has 1 aromatic rings. The van der Waals surface area contributed by atoms with Crippen LogP contribution in [-0.2, 0) is 4.79 Å². The number of carbonyl (C=O) groups is 1. The second-order valence-electron chi connectivity index (χ2n) is 4.36. The summed E-state index contributed by atoms with van der Waals surface area (Å²) in [6.07, 6.45) is 2.14. The maximum atomic E-state index is 11.5. The SMILES string of the molecule is CCCCNC(=O)CN[C@@H](C)c1ccc(Br)cc1. The second kappa shape index (κ2) is 8.27. The van der Waals surface area contributed by atoms with E-state index in [-0.39, 0.29) is 11.9 Å². The summed E-state index contributed by atoms with van der Waals surface area (Å²) >= 11 is 3.41. The fourth-order valence-corrected chi connectivity index (χ4v) is 1.85. The Hall–Kier alpha value is -0.870. The molecule has 0 fully saturated rings. The smallest absolute Gasteiger partial charge is 0.233 e. The van der Waals surface area contributed by atoms with Crippen molar-refractivity contribution in [3.63, 3.8) is 0 Å². The van der Waals surface area contributed by atoms with Gasteiger partial charge in [0.15, 0.2) is 0 Å². The van der Waals surface area contributed by atoms with Crippen molar-refractivity contribution in [2.75, 3.05) is 13.1 Å². The highest BCUT2D eigenvalue weighted by Crippen LogP contribution is 2.16. The van der Waals surface area contributed by atoms with Crippen LogP contribution in [0.3, 0.4) is 0 Å². The molecule has 4 heteroatoms. The molecule has 0 unspecified atom stereocenters. The standard InChI is InChI=1S/C14H21BrN2O/c1-3-4-9-16-14(18)10-17-11(2)12-5-7-13(15)8-6-12/h5-8,11,17H,3-4,9-10H2,1-2H3,(H,16,18)/t11-/m0/s1. The van der Waals surface area contributed by atoms with Crippen molar-refractivity contribution in [1.82, 2.24) is 10.6 Å². The molecule has 0 aliphatic heterocycles. The van der Waals surface area contributed by atoms with Crippen LogP contribution in [0.25, 0.3) is 0 Å². The topological polar surface area (TPSA) is 41.1 Å². The van der Waals surface area contributed by atoms with Crippen LogP contribution in [0.4, 0.5) is 0 Å². The molecule has 1 aromatic carbocycles. The summed E-state index contributed by atoms with van der Waals surface area (Å²) < 4.78 is 1.07. The molecular formula is C14H21BrN2O. The fourth-order valence-electron chi connectivity index (χ4n) is 1.58. The van der Waals surface area contributed by atoms with E-state index < -0.39 is 0 Å². The molecule has 2 N–H and O–H groups in total. The highest BCUT2D eigenvalue weighted by atomic mass is 79.9. The lowest BCUT2D eigenvalue weighted by atomic mass is 10.1. The highest BCUT2D eigenvalue weighted by molar-refractivity contribution is 9.10. The van der Waals surface area contributed by atoms with Crippen molar-refractivity contribution < 1.29 is 4.79 Å².